The summed E-state index contributed by atoms with van der Waals surface area (Å²) in [6, 6.07) is 0.464. The Balaban J connectivity index is 2.64. The van der Waals surface area contributed by atoms with Gasteiger partial charge in [-0.2, -0.15) is 0 Å². The molecule has 0 saturated heterocycles. The molecule has 0 heterocycles. The van der Waals surface area contributed by atoms with Crippen LogP contribution < -0.4 is 5.32 Å². The van der Waals surface area contributed by atoms with Crippen LogP contribution in [0.15, 0.2) is 0 Å². The molecule has 1 fully saturated rings. The molecule has 1 N–H and O–H groups in total. The third-order valence-corrected chi connectivity index (χ3v) is 4.21. The van der Waals surface area contributed by atoms with Crippen molar-refractivity contribution in [3.63, 3.8) is 0 Å². The smallest absolute Gasteiger partial charge is 0.0834 e. The maximum Gasteiger partial charge on any atom is 0.0834 e. The van der Waals surface area contributed by atoms with Gasteiger partial charge in [-0.3, -0.25) is 0 Å². The number of nitrogens with one attached hydrogen (secondary N) is 1. The van der Waals surface area contributed by atoms with E-state index < -0.39 is 0 Å². The molecule has 1 atom stereocenters. The molecular weight excluding hydrogens is 226 g/mol. The average molecular weight is 257 g/mol. The first kappa shape index (κ1) is 15.9. The van der Waals surface area contributed by atoms with Gasteiger partial charge in [-0.1, -0.05) is 25.7 Å². The highest BCUT2D eigenvalue weighted by Crippen LogP contribution is 2.35. The van der Waals surface area contributed by atoms with Crippen molar-refractivity contribution in [3.8, 4) is 0 Å². The van der Waals surface area contributed by atoms with Gasteiger partial charge >= 0.3 is 0 Å². The molecule has 0 aromatic rings. The summed E-state index contributed by atoms with van der Waals surface area (Å²) < 4.78 is 11.4. The topological polar surface area (TPSA) is 30.5 Å². The molecular formula is C15H31NO2. The van der Waals surface area contributed by atoms with E-state index in [4.69, 9.17) is 9.47 Å². The van der Waals surface area contributed by atoms with Gasteiger partial charge in [-0.05, 0) is 39.7 Å². The van der Waals surface area contributed by atoms with Gasteiger partial charge in [-0.25, -0.2) is 0 Å². The predicted octanol–water partition coefficient (Wildman–Crippen LogP) is 3.13. The summed E-state index contributed by atoms with van der Waals surface area (Å²) in [6.45, 7) is 3.79. The molecule has 0 amide bonds. The Labute approximate surface area is 113 Å². The number of hydrogen-bond donors (Lipinski definition) is 1. The van der Waals surface area contributed by atoms with Crippen molar-refractivity contribution in [1.82, 2.24) is 5.32 Å². The molecule has 0 radical (unpaired) electrons. The van der Waals surface area contributed by atoms with Crippen molar-refractivity contribution in [1.29, 1.82) is 0 Å². The molecule has 1 unspecified atom stereocenters. The number of likely N-dealkylation sites (N-methyl/N-ethyl adjacent to an activating group) is 1. The van der Waals surface area contributed by atoms with Crippen LogP contribution in [0.25, 0.3) is 0 Å². The average Bonchev–Trinajstić information content (AvgIpc) is 2.62. The van der Waals surface area contributed by atoms with Crippen molar-refractivity contribution in [2.75, 3.05) is 27.4 Å². The molecule has 1 saturated carbocycles. The minimum absolute atomic E-state index is 0.0632. The maximum absolute atomic E-state index is 6.23. The second-order valence-electron chi connectivity index (χ2n) is 5.39. The Kier molecular flexibility index (Phi) is 7.87. The minimum Gasteiger partial charge on any atom is -0.385 e. The molecule has 0 bridgehead atoms. The van der Waals surface area contributed by atoms with Crippen molar-refractivity contribution in [2.24, 2.45) is 0 Å². The molecule has 1 rings (SSSR count). The molecule has 18 heavy (non-hydrogen) atoms. The van der Waals surface area contributed by atoms with E-state index in [0.29, 0.717) is 6.04 Å². The zero-order valence-corrected chi connectivity index (χ0v) is 12.5. The van der Waals surface area contributed by atoms with Crippen molar-refractivity contribution >= 4 is 0 Å². The lowest BCUT2D eigenvalue weighted by molar-refractivity contribution is -0.0781. The van der Waals surface area contributed by atoms with E-state index in [1.54, 1.807) is 7.11 Å². The Morgan fingerprint density at radius 2 is 1.83 bits per heavy atom. The highest BCUT2D eigenvalue weighted by molar-refractivity contribution is 4.94. The second kappa shape index (κ2) is 8.89. The van der Waals surface area contributed by atoms with Gasteiger partial charge < -0.3 is 14.8 Å². The summed E-state index contributed by atoms with van der Waals surface area (Å²) in [7, 11) is 3.85. The van der Waals surface area contributed by atoms with Crippen LogP contribution in [0.1, 0.15) is 58.3 Å². The standard InChI is InChI=1S/C15H31NO2/c1-4-18-15(11-7-5-6-8-12-15)14(16-2)10-9-13-17-3/h14,16H,4-13H2,1-3H3. The molecule has 3 heteroatoms. The van der Waals surface area contributed by atoms with Crippen LogP contribution in [-0.2, 0) is 9.47 Å². The van der Waals surface area contributed by atoms with Crippen LogP contribution in [0.5, 0.6) is 0 Å². The normalized spacial score (nSPS) is 21.5. The molecule has 108 valence electrons. The summed E-state index contributed by atoms with van der Waals surface area (Å²) in [6.07, 6.45) is 10.0. The lowest BCUT2D eigenvalue weighted by Crippen LogP contribution is -2.51. The highest BCUT2D eigenvalue weighted by atomic mass is 16.5. The summed E-state index contributed by atoms with van der Waals surface area (Å²) in [5.41, 5.74) is 0.0632. The van der Waals surface area contributed by atoms with Crippen LogP contribution in [0.4, 0.5) is 0 Å². The number of hydrogen-bond acceptors (Lipinski definition) is 3. The Morgan fingerprint density at radius 1 is 1.17 bits per heavy atom. The van der Waals surface area contributed by atoms with Crippen molar-refractivity contribution in [2.45, 2.75) is 69.9 Å². The van der Waals surface area contributed by atoms with Gasteiger partial charge in [-0.15, -0.1) is 0 Å². The summed E-state index contributed by atoms with van der Waals surface area (Å²) in [5.74, 6) is 0. The summed E-state index contributed by atoms with van der Waals surface area (Å²) >= 11 is 0. The van der Waals surface area contributed by atoms with E-state index in [1.807, 2.05) is 0 Å². The second-order valence-corrected chi connectivity index (χ2v) is 5.39. The zero-order valence-electron chi connectivity index (χ0n) is 12.5. The van der Waals surface area contributed by atoms with E-state index in [1.165, 1.54) is 38.5 Å². The summed E-state index contributed by atoms with van der Waals surface area (Å²) in [4.78, 5) is 0. The predicted molar refractivity (Wildman–Crippen MR) is 76.0 cm³/mol. The Bertz CT molecular complexity index is 201. The fraction of sp³-hybridized carbons (Fsp3) is 1.00. The third-order valence-electron chi connectivity index (χ3n) is 4.21. The zero-order chi connectivity index (χ0) is 13.3. The number of rotatable bonds is 8. The molecule has 1 aliphatic carbocycles. The molecule has 0 aliphatic heterocycles. The quantitative estimate of drug-likeness (QED) is 0.535. The first-order valence-corrected chi connectivity index (χ1v) is 7.59. The number of ether oxygens (including phenoxy) is 2. The molecule has 0 aromatic heterocycles. The van der Waals surface area contributed by atoms with Gasteiger partial charge in [0.1, 0.15) is 0 Å². The largest absolute Gasteiger partial charge is 0.385 e. The Morgan fingerprint density at radius 3 is 2.33 bits per heavy atom. The molecule has 0 spiro atoms. The van der Waals surface area contributed by atoms with Crippen LogP contribution in [-0.4, -0.2) is 39.0 Å². The van der Waals surface area contributed by atoms with E-state index in [-0.39, 0.29) is 5.60 Å². The van der Waals surface area contributed by atoms with Gasteiger partial charge in [0.05, 0.1) is 5.60 Å². The first-order valence-electron chi connectivity index (χ1n) is 7.59. The maximum atomic E-state index is 6.23. The van der Waals surface area contributed by atoms with Crippen LogP contribution in [0.3, 0.4) is 0 Å². The van der Waals surface area contributed by atoms with Crippen LogP contribution in [0, 0.1) is 0 Å². The van der Waals surface area contributed by atoms with Gasteiger partial charge in [0.25, 0.3) is 0 Å². The third kappa shape index (κ3) is 4.52. The minimum atomic E-state index is 0.0632. The molecule has 1 aliphatic rings. The number of methoxy groups -OCH3 is 1. The van der Waals surface area contributed by atoms with E-state index in [0.717, 1.165) is 26.1 Å². The summed E-state index contributed by atoms with van der Waals surface area (Å²) in [5, 5.41) is 3.50. The van der Waals surface area contributed by atoms with E-state index >= 15 is 0 Å². The lowest BCUT2D eigenvalue weighted by Gasteiger charge is -2.40. The first-order chi connectivity index (χ1) is 8.79. The van der Waals surface area contributed by atoms with E-state index in [2.05, 4.69) is 19.3 Å². The monoisotopic (exact) mass is 257 g/mol. The van der Waals surface area contributed by atoms with Gasteiger partial charge in [0, 0.05) is 26.4 Å². The highest BCUT2D eigenvalue weighted by Gasteiger charge is 2.38. The Hall–Kier alpha value is -0.120. The van der Waals surface area contributed by atoms with Crippen molar-refractivity contribution in [3.05, 3.63) is 0 Å². The molecule has 0 aromatic carbocycles. The van der Waals surface area contributed by atoms with Crippen LogP contribution in [0.2, 0.25) is 0 Å². The fourth-order valence-corrected chi connectivity index (χ4v) is 3.31. The van der Waals surface area contributed by atoms with E-state index in [9.17, 15) is 0 Å². The fourth-order valence-electron chi connectivity index (χ4n) is 3.31. The lowest BCUT2D eigenvalue weighted by atomic mass is 9.83. The SMILES string of the molecule is CCOC1(C(CCCOC)NC)CCCCCC1. The van der Waals surface area contributed by atoms with Crippen molar-refractivity contribution < 1.29 is 9.47 Å². The van der Waals surface area contributed by atoms with Crippen LogP contribution >= 0.6 is 0 Å². The van der Waals surface area contributed by atoms with Gasteiger partial charge in [0.15, 0.2) is 0 Å². The van der Waals surface area contributed by atoms with Gasteiger partial charge in [0.2, 0.25) is 0 Å². The molecule has 3 nitrogen and oxygen atoms in total.